The number of ether oxygens (including phenoxy) is 3. The van der Waals surface area contributed by atoms with Crippen LogP contribution in [0.1, 0.15) is 41.8 Å². The van der Waals surface area contributed by atoms with Crippen LogP contribution in [0.3, 0.4) is 0 Å². The van der Waals surface area contributed by atoms with Gasteiger partial charge in [-0.2, -0.15) is 5.10 Å². The molecule has 3 aromatic rings. The maximum atomic E-state index is 12.5. The Balaban J connectivity index is 1.56. The number of aryl methyl sites for hydroxylation is 1. The van der Waals surface area contributed by atoms with E-state index in [0.717, 1.165) is 18.4 Å². The third-order valence-corrected chi connectivity index (χ3v) is 5.16. The molecule has 0 heterocycles. The van der Waals surface area contributed by atoms with E-state index in [9.17, 15) is 14.4 Å². The molecule has 9 heteroatoms. The van der Waals surface area contributed by atoms with E-state index in [4.69, 9.17) is 14.2 Å². The van der Waals surface area contributed by atoms with Crippen LogP contribution in [-0.2, 0) is 16.0 Å². The predicted octanol–water partition coefficient (Wildman–Crippen LogP) is 4.35. The zero-order valence-electron chi connectivity index (χ0n) is 20.9. The minimum Gasteiger partial charge on any atom is -0.494 e. The summed E-state index contributed by atoms with van der Waals surface area (Å²) in [6.45, 7) is 4.64. The van der Waals surface area contributed by atoms with Gasteiger partial charge in [0, 0.05) is 5.69 Å². The Hall–Kier alpha value is -4.66. The highest BCUT2D eigenvalue weighted by Crippen LogP contribution is 2.28. The number of methoxy groups -OCH3 is 1. The van der Waals surface area contributed by atoms with Crippen molar-refractivity contribution in [2.45, 2.75) is 26.7 Å². The summed E-state index contributed by atoms with van der Waals surface area (Å²) in [7, 11) is 1.44. The maximum absolute atomic E-state index is 12.5. The van der Waals surface area contributed by atoms with Gasteiger partial charge in [0.05, 0.1) is 25.5 Å². The van der Waals surface area contributed by atoms with E-state index >= 15 is 0 Å². The van der Waals surface area contributed by atoms with Crippen LogP contribution in [0.5, 0.6) is 17.2 Å². The fourth-order valence-corrected chi connectivity index (χ4v) is 3.14. The molecule has 0 radical (unpaired) electrons. The first-order valence-electron chi connectivity index (χ1n) is 11.8. The number of esters is 1. The second-order valence-electron chi connectivity index (χ2n) is 7.88. The summed E-state index contributed by atoms with van der Waals surface area (Å²) in [5.74, 6) is -1.13. The average molecular weight is 504 g/mol. The molecular weight excluding hydrogens is 474 g/mol. The first-order valence-corrected chi connectivity index (χ1v) is 11.8. The second kappa shape index (κ2) is 13.4. The van der Waals surface area contributed by atoms with Gasteiger partial charge in [-0.05, 0) is 78.6 Å². The van der Waals surface area contributed by atoms with Gasteiger partial charge in [0.1, 0.15) is 5.75 Å². The topological polar surface area (TPSA) is 115 Å². The SMILES string of the molecule is CCCOc1ccc(C(=O)Oc2ccc(C=NNC(=O)C(=O)Nc3ccc(CC)cc3)cc2OC)cc1. The molecular formula is C28H29N3O6. The largest absolute Gasteiger partial charge is 0.494 e. The van der Waals surface area contributed by atoms with Crippen molar-refractivity contribution < 1.29 is 28.6 Å². The highest BCUT2D eigenvalue weighted by Gasteiger charge is 2.14. The van der Waals surface area contributed by atoms with E-state index < -0.39 is 17.8 Å². The Morgan fingerprint density at radius 2 is 1.62 bits per heavy atom. The molecule has 2 amide bonds. The summed E-state index contributed by atoms with van der Waals surface area (Å²) in [4.78, 5) is 36.6. The molecule has 2 N–H and O–H groups in total. The second-order valence-corrected chi connectivity index (χ2v) is 7.88. The number of amides is 2. The minimum atomic E-state index is -0.917. The summed E-state index contributed by atoms with van der Waals surface area (Å²) in [5, 5.41) is 6.32. The van der Waals surface area contributed by atoms with Crippen LogP contribution in [0.2, 0.25) is 0 Å². The Morgan fingerprint density at radius 3 is 2.27 bits per heavy atom. The van der Waals surface area contributed by atoms with Crippen LogP contribution in [0.4, 0.5) is 5.69 Å². The van der Waals surface area contributed by atoms with Gasteiger partial charge in [-0.3, -0.25) is 9.59 Å². The molecule has 0 aliphatic rings. The van der Waals surface area contributed by atoms with Crippen molar-refractivity contribution in [3.63, 3.8) is 0 Å². The average Bonchev–Trinajstić information content (AvgIpc) is 2.93. The number of anilines is 1. The number of rotatable bonds is 10. The summed E-state index contributed by atoms with van der Waals surface area (Å²) >= 11 is 0. The van der Waals surface area contributed by atoms with E-state index in [1.54, 1.807) is 54.6 Å². The molecule has 0 fully saturated rings. The molecule has 3 rings (SSSR count). The number of carbonyl (C=O) groups excluding carboxylic acids is 3. The first kappa shape index (κ1) is 26.9. The fourth-order valence-electron chi connectivity index (χ4n) is 3.14. The number of hydrogen-bond donors (Lipinski definition) is 2. The lowest BCUT2D eigenvalue weighted by molar-refractivity contribution is -0.136. The van der Waals surface area contributed by atoms with Crippen molar-refractivity contribution in [3.8, 4) is 17.2 Å². The molecule has 192 valence electrons. The Kier molecular flexibility index (Phi) is 9.78. The van der Waals surface area contributed by atoms with Crippen molar-refractivity contribution in [1.82, 2.24) is 5.43 Å². The molecule has 9 nitrogen and oxygen atoms in total. The lowest BCUT2D eigenvalue weighted by atomic mass is 10.1. The van der Waals surface area contributed by atoms with E-state index in [1.165, 1.54) is 13.3 Å². The monoisotopic (exact) mass is 503 g/mol. The molecule has 0 bridgehead atoms. The molecule has 0 saturated carbocycles. The first-order chi connectivity index (χ1) is 17.9. The molecule has 0 unspecified atom stereocenters. The Morgan fingerprint density at radius 1 is 0.892 bits per heavy atom. The van der Waals surface area contributed by atoms with E-state index in [-0.39, 0.29) is 5.75 Å². The minimum absolute atomic E-state index is 0.216. The molecule has 3 aromatic carbocycles. The van der Waals surface area contributed by atoms with Crippen molar-refractivity contribution in [2.24, 2.45) is 5.10 Å². The smallest absolute Gasteiger partial charge is 0.343 e. The quantitative estimate of drug-likeness (QED) is 0.140. The summed E-state index contributed by atoms with van der Waals surface area (Å²) in [6.07, 6.45) is 3.10. The third-order valence-electron chi connectivity index (χ3n) is 5.16. The van der Waals surface area contributed by atoms with E-state index in [2.05, 4.69) is 15.8 Å². The summed E-state index contributed by atoms with van der Waals surface area (Å²) in [6, 6.07) is 18.6. The Bertz CT molecular complexity index is 1250. The van der Waals surface area contributed by atoms with Gasteiger partial charge in [-0.25, -0.2) is 10.2 Å². The van der Waals surface area contributed by atoms with Crippen LogP contribution < -0.4 is 25.0 Å². The lowest BCUT2D eigenvalue weighted by Crippen LogP contribution is -2.32. The van der Waals surface area contributed by atoms with Crippen LogP contribution in [0, 0.1) is 0 Å². The van der Waals surface area contributed by atoms with Gasteiger partial charge in [0.15, 0.2) is 11.5 Å². The number of nitrogens with one attached hydrogen (secondary N) is 2. The molecule has 0 saturated heterocycles. The molecule has 0 aliphatic carbocycles. The Labute approximate surface area is 215 Å². The number of carbonyl (C=O) groups is 3. The number of benzene rings is 3. The van der Waals surface area contributed by atoms with Crippen LogP contribution in [0.15, 0.2) is 71.8 Å². The number of hydrogen-bond acceptors (Lipinski definition) is 7. The predicted molar refractivity (Wildman–Crippen MR) is 140 cm³/mol. The van der Waals surface area contributed by atoms with Crippen molar-refractivity contribution in [3.05, 3.63) is 83.4 Å². The molecule has 0 spiro atoms. The molecule has 0 atom stereocenters. The standard InChI is InChI=1S/C28H29N3O6/c1-4-16-36-23-13-9-21(10-14-23)28(34)37-24-15-8-20(17-25(24)35-3)18-29-31-27(33)26(32)30-22-11-6-19(5-2)7-12-22/h6-15,17-18H,4-5,16H2,1-3H3,(H,30,32)(H,31,33). The van der Waals surface area contributed by atoms with Gasteiger partial charge in [0.2, 0.25) is 0 Å². The summed E-state index contributed by atoms with van der Waals surface area (Å²) in [5.41, 5.74) is 4.72. The van der Waals surface area contributed by atoms with Crippen molar-refractivity contribution >= 4 is 29.7 Å². The fraction of sp³-hybridized carbons (Fsp3) is 0.214. The number of hydrazone groups is 1. The van der Waals surface area contributed by atoms with Gasteiger partial charge >= 0.3 is 17.8 Å². The van der Waals surface area contributed by atoms with Crippen LogP contribution >= 0.6 is 0 Å². The molecule has 37 heavy (non-hydrogen) atoms. The van der Waals surface area contributed by atoms with Crippen molar-refractivity contribution in [1.29, 1.82) is 0 Å². The summed E-state index contributed by atoms with van der Waals surface area (Å²) < 4.78 is 16.3. The normalized spacial score (nSPS) is 10.6. The zero-order chi connectivity index (χ0) is 26.6. The number of nitrogens with zero attached hydrogens (tertiary/aromatic N) is 1. The zero-order valence-corrected chi connectivity index (χ0v) is 20.9. The highest BCUT2D eigenvalue weighted by molar-refractivity contribution is 6.39. The van der Waals surface area contributed by atoms with Crippen molar-refractivity contribution in [2.75, 3.05) is 19.0 Å². The van der Waals surface area contributed by atoms with Gasteiger partial charge in [-0.1, -0.05) is 26.0 Å². The van der Waals surface area contributed by atoms with Crippen LogP contribution in [0.25, 0.3) is 0 Å². The maximum Gasteiger partial charge on any atom is 0.343 e. The highest BCUT2D eigenvalue weighted by atomic mass is 16.6. The molecule has 0 aliphatic heterocycles. The van der Waals surface area contributed by atoms with Crippen LogP contribution in [-0.4, -0.2) is 37.7 Å². The third kappa shape index (κ3) is 7.93. The van der Waals surface area contributed by atoms with E-state index in [0.29, 0.717) is 34.9 Å². The van der Waals surface area contributed by atoms with E-state index in [1.807, 2.05) is 26.0 Å². The van der Waals surface area contributed by atoms with Gasteiger partial charge in [-0.15, -0.1) is 0 Å². The molecule has 0 aromatic heterocycles. The van der Waals surface area contributed by atoms with Gasteiger partial charge < -0.3 is 19.5 Å². The van der Waals surface area contributed by atoms with Gasteiger partial charge in [0.25, 0.3) is 0 Å². The lowest BCUT2D eigenvalue weighted by Gasteiger charge is -2.10.